The van der Waals surface area contributed by atoms with Gasteiger partial charge in [-0.3, -0.25) is 0 Å². The van der Waals surface area contributed by atoms with Gasteiger partial charge in [0.05, 0.1) is 73.0 Å². The summed E-state index contributed by atoms with van der Waals surface area (Å²) in [5.74, 6) is 1.55. The minimum absolute atomic E-state index is 0. The van der Waals surface area contributed by atoms with Crippen LogP contribution in [0.4, 0.5) is 0 Å². The largest absolute Gasteiger partial charge is 1.00 e. The maximum atomic E-state index is 12.6. The second-order valence-electron chi connectivity index (χ2n) is 9.49. The Kier molecular flexibility index (Phi) is 19.2. The van der Waals surface area contributed by atoms with Crippen LogP contribution < -0.4 is 58.3 Å². The number of rotatable bonds is 15. The Morgan fingerprint density at radius 2 is 1.00 bits per heavy atom. The van der Waals surface area contributed by atoms with Gasteiger partial charge >= 0.3 is 11.9 Å². The molecule has 2 aromatic carbocycles. The third-order valence-electron chi connectivity index (χ3n) is 6.97. The SMILES string of the molecule is COc1cc(OC)cc(C(=O)OCCC[NH+]2CC[NH+](CCCOC(=O)c3cc(OC)c(OC)c(OC)c3)CC2)c1.O.[Cl-].[Cl-]. The number of quaternary nitrogens is 2. The molecular weight excluding hydrogens is 607 g/mol. The number of ether oxygens (including phenoxy) is 7. The molecule has 0 saturated carbocycles. The van der Waals surface area contributed by atoms with Crippen LogP contribution in [0.2, 0.25) is 0 Å². The maximum absolute atomic E-state index is 12.6. The van der Waals surface area contributed by atoms with Crippen molar-refractivity contribution in [1.29, 1.82) is 0 Å². The minimum Gasteiger partial charge on any atom is -1.00 e. The molecular formula is C29H44Cl2N2O10. The molecule has 3 rings (SSSR count). The number of esters is 2. The summed E-state index contributed by atoms with van der Waals surface area (Å²) in [6, 6.07) is 8.19. The second kappa shape index (κ2) is 20.7. The first-order valence-electron chi connectivity index (χ1n) is 13.5. The summed E-state index contributed by atoms with van der Waals surface area (Å²) in [6.45, 7) is 6.84. The van der Waals surface area contributed by atoms with Crippen LogP contribution in [-0.2, 0) is 9.47 Å². The molecule has 2 aromatic rings. The van der Waals surface area contributed by atoms with E-state index in [-0.39, 0.29) is 36.3 Å². The first kappa shape index (κ1) is 39.8. The molecule has 1 fully saturated rings. The Hall–Kier alpha value is -3.16. The smallest absolute Gasteiger partial charge is 0.338 e. The van der Waals surface area contributed by atoms with Crippen LogP contribution >= 0.6 is 0 Å². The molecule has 1 saturated heterocycles. The molecule has 0 radical (unpaired) electrons. The monoisotopic (exact) mass is 650 g/mol. The summed E-state index contributed by atoms with van der Waals surface area (Å²) < 4.78 is 37.3. The van der Waals surface area contributed by atoms with E-state index in [4.69, 9.17) is 33.2 Å². The molecule has 12 nitrogen and oxygen atoms in total. The Balaban J connectivity index is 0.00000588. The standard InChI is InChI=1S/C29H40N2O9.2ClH.H2O/c1-34-23-16-21(17-24(20-23)35-2)28(32)39-14-6-8-30-10-12-31(13-11-30)9-7-15-40-29(33)22-18-25(36-3)27(38-5)26(19-22)37-4;;;/h16-20H,6-15H2,1-5H3;2*1H;1H2. The van der Waals surface area contributed by atoms with E-state index in [1.165, 1.54) is 31.1 Å². The molecule has 1 aliphatic rings. The summed E-state index contributed by atoms with van der Waals surface area (Å²) >= 11 is 0. The van der Waals surface area contributed by atoms with Gasteiger partial charge in [-0.25, -0.2) is 9.59 Å². The molecule has 0 atom stereocenters. The van der Waals surface area contributed by atoms with Crippen molar-refractivity contribution in [1.82, 2.24) is 0 Å². The lowest BCUT2D eigenvalue weighted by atomic mass is 10.2. The summed E-state index contributed by atoms with van der Waals surface area (Å²) in [5, 5.41) is 0. The van der Waals surface area contributed by atoms with Crippen LogP contribution in [0.5, 0.6) is 28.7 Å². The van der Waals surface area contributed by atoms with E-state index in [0.29, 0.717) is 53.1 Å². The Morgan fingerprint density at radius 3 is 1.35 bits per heavy atom. The van der Waals surface area contributed by atoms with Gasteiger partial charge in [0.2, 0.25) is 5.75 Å². The zero-order valence-corrected chi connectivity index (χ0v) is 26.9. The number of carbonyl (C=O) groups is 2. The minimum atomic E-state index is -0.422. The van der Waals surface area contributed by atoms with Gasteiger partial charge in [-0.15, -0.1) is 0 Å². The van der Waals surface area contributed by atoms with Crippen molar-refractivity contribution < 1.29 is 82.8 Å². The molecule has 0 bridgehead atoms. The number of piperazine rings is 1. The van der Waals surface area contributed by atoms with E-state index in [2.05, 4.69) is 0 Å². The molecule has 14 heteroatoms. The molecule has 0 aliphatic carbocycles. The lowest BCUT2D eigenvalue weighted by Crippen LogP contribution is -3.28. The van der Waals surface area contributed by atoms with Gasteiger partial charge in [0, 0.05) is 18.9 Å². The van der Waals surface area contributed by atoms with Crippen LogP contribution in [0.15, 0.2) is 30.3 Å². The van der Waals surface area contributed by atoms with E-state index in [1.807, 2.05) is 0 Å². The molecule has 1 heterocycles. The molecule has 0 aromatic heterocycles. The van der Waals surface area contributed by atoms with Crippen LogP contribution in [0.25, 0.3) is 0 Å². The van der Waals surface area contributed by atoms with E-state index >= 15 is 0 Å². The highest BCUT2D eigenvalue weighted by atomic mass is 35.5. The van der Waals surface area contributed by atoms with Gasteiger partial charge in [-0.1, -0.05) is 0 Å². The molecule has 4 N–H and O–H groups in total. The third-order valence-corrected chi connectivity index (χ3v) is 6.97. The maximum Gasteiger partial charge on any atom is 0.338 e. The number of nitrogens with one attached hydrogen (secondary N) is 2. The summed E-state index contributed by atoms with van der Waals surface area (Å²) in [5.41, 5.74) is 0.767. The van der Waals surface area contributed by atoms with E-state index < -0.39 is 5.97 Å². The third kappa shape index (κ3) is 11.8. The van der Waals surface area contributed by atoms with Gasteiger partial charge in [-0.2, -0.15) is 0 Å². The van der Waals surface area contributed by atoms with Crippen LogP contribution in [-0.4, -0.2) is 105 Å². The number of carbonyl (C=O) groups excluding carboxylic acids is 2. The predicted octanol–water partition coefficient (Wildman–Crippen LogP) is -6.51. The van der Waals surface area contributed by atoms with Gasteiger partial charge in [0.25, 0.3) is 0 Å². The summed E-state index contributed by atoms with van der Waals surface area (Å²) in [7, 11) is 7.62. The molecule has 0 spiro atoms. The number of hydrogen-bond acceptors (Lipinski definition) is 9. The normalized spacial score (nSPS) is 15.4. The zero-order chi connectivity index (χ0) is 28.9. The van der Waals surface area contributed by atoms with Crippen molar-refractivity contribution in [2.75, 3.05) is 88.0 Å². The predicted molar refractivity (Wildman–Crippen MR) is 150 cm³/mol. The Labute approximate surface area is 265 Å². The fraction of sp³-hybridized carbons (Fsp3) is 0.517. The van der Waals surface area contributed by atoms with E-state index in [1.54, 1.807) is 44.6 Å². The quantitative estimate of drug-likeness (QED) is 0.142. The number of benzene rings is 2. The number of halogens is 2. The van der Waals surface area contributed by atoms with Crippen LogP contribution in [0.1, 0.15) is 33.6 Å². The van der Waals surface area contributed by atoms with Crippen molar-refractivity contribution in [3.05, 3.63) is 41.5 Å². The molecule has 0 amide bonds. The molecule has 1 aliphatic heterocycles. The van der Waals surface area contributed by atoms with Crippen molar-refractivity contribution in [2.24, 2.45) is 0 Å². The fourth-order valence-electron chi connectivity index (χ4n) is 4.72. The average Bonchev–Trinajstić information content (AvgIpc) is 3.00. The number of hydrogen-bond donors (Lipinski definition) is 2. The lowest BCUT2D eigenvalue weighted by molar-refractivity contribution is -1.01. The number of methoxy groups -OCH3 is 5. The first-order chi connectivity index (χ1) is 19.4. The lowest BCUT2D eigenvalue weighted by Gasteiger charge is -2.29. The highest BCUT2D eigenvalue weighted by molar-refractivity contribution is 5.91. The van der Waals surface area contributed by atoms with E-state index in [9.17, 15) is 9.59 Å². The van der Waals surface area contributed by atoms with Crippen molar-refractivity contribution in [3.63, 3.8) is 0 Å². The second-order valence-corrected chi connectivity index (χ2v) is 9.49. The van der Waals surface area contributed by atoms with Gasteiger partial charge in [-0.05, 0) is 24.3 Å². The van der Waals surface area contributed by atoms with Crippen LogP contribution in [0, 0.1) is 0 Å². The van der Waals surface area contributed by atoms with Crippen molar-refractivity contribution >= 4 is 11.9 Å². The van der Waals surface area contributed by atoms with Crippen molar-refractivity contribution in [2.45, 2.75) is 12.8 Å². The summed E-state index contributed by atoms with van der Waals surface area (Å²) in [6.07, 6.45) is 1.58. The highest BCUT2D eigenvalue weighted by Crippen LogP contribution is 2.38. The molecule has 244 valence electrons. The summed E-state index contributed by atoms with van der Waals surface area (Å²) in [4.78, 5) is 28.0. The first-order valence-corrected chi connectivity index (χ1v) is 13.5. The van der Waals surface area contributed by atoms with E-state index in [0.717, 1.165) is 52.1 Å². The van der Waals surface area contributed by atoms with Crippen LogP contribution in [0.3, 0.4) is 0 Å². The Bertz CT molecular complexity index is 1080. The molecule has 43 heavy (non-hydrogen) atoms. The average molecular weight is 652 g/mol. The topological polar surface area (TPSA) is 139 Å². The van der Waals surface area contributed by atoms with Gasteiger partial charge < -0.3 is 73.2 Å². The fourth-order valence-corrected chi connectivity index (χ4v) is 4.72. The van der Waals surface area contributed by atoms with Gasteiger partial charge in [0.1, 0.15) is 37.7 Å². The van der Waals surface area contributed by atoms with Crippen molar-refractivity contribution in [3.8, 4) is 28.7 Å². The Morgan fingerprint density at radius 1 is 0.605 bits per heavy atom. The zero-order valence-electron chi connectivity index (χ0n) is 25.4. The van der Waals surface area contributed by atoms with Gasteiger partial charge in [0.15, 0.2) is 11.5 Å². The highest BCUT2D eigenvalue weighted by Gasteiger charge is 2.23. The molecule has 0 unspecified atom stereocenters.